The van der Waals surface area contributed by atoms with Gasteiger partial charge in [0.25, 0.3) is 0 Å². The van der Waals surface area contributed by atoms with Crippen molar-refractivity contribution in [2.45, 2.75) is 31.8 Å². The van der Waals surface area contributed by atoms with E-state index in [0.29, 0.717) is 18.6 Å². The van der Waals surface area contributed by atoms with E-state index in [9.17, 15) is 4.79 Å². The van der Waals surface area contributed by atoms with Gasteiger partial charge < -0.3 is 4.74 Å². The van der Waals surface area contributed by atoms with E-state index in [4.69, 9.17) is 4.74 Å². The summed E-state index contributed by atoms with van der Waals surface area (Å²) >= 11 is 0. The Balaban J connectivity index is 2.08. The smallest absolute Gasteiger partial charge is 0.136 e. The minimum atomic E-state index is 0.0438. The zero-order chi connectivity index (χ0) is 11.4. The maximum atomic E-state index is 11.3. The lowest BCUT2D eigenvalue weighted by atomic mass is 9.96. The van der Waals surface area contributed by atoms with Gasteiger partial charge in [-0.3, -0.25) is 4.79 Å². The van der Waals surface area contributed by atoms with Crippen molar-refractivity contribution in [2.24, 2.45) is 0 Å². The number of ether oxygens (including phenoxy) is 1. The fraction of sp³-hybridized carbons (Fsp3) is 0.357. The van der Waals surface area contributed by atoms with E-state index in [-0.39, 0.29) is 6.10 Å². The Labute approximate surface area is 95.9 Å². The van der Waals surface area contributed by atoms with Crippen molar-refractivity contribution in [1.82, 2.24) is 0 Å². The van der Waals surface area contributed by atoms with Crippen LogP contribution < -0.4 is 4.74 Å². The first kappa shape index (κ1) is 10.9. The lowest BCUT2D eigenvalue weighted by Crippen LogP contribution is -2.25. The number of hydrogen-bond donors (Lipinski definition) is 0. The van der Waals surface area contributed by atoms with Gasteiger partial charge in [0, 0.05) is 18.4 Å². The quantitative estimate of drug-likeness (QED) is 0.775. The molecule has 2 heteroatoms. The first-order valence-corrected chi connectivity index (χ1v) is 5.69. The predicted molar refractivity (Wildman–Crippen MR) is 64.4 cm³/mol. The normalized spacial score (nSPS) is 20.5. The van der Waals surface area contributed by atoms with Crippen LogP contribution in [0, 0.1) is 0 Å². The van der Waals surface area contributed by atoms with Crippen LogP contribution in [-0.4, -0.2) is 11.9 Å². The summed E-state index contributed by atoms with van der Waals surface area (Å²) in [5, 5.41) is 0. The number of benzene rings is 1. The van der Waals surface area contributed by atoms with Gasteiger partial charge in [0.05, 0.1) is 0 Å². The zero-order valence-corrected chi connectivity index (χ0v) is 9.32. The van der Waals surface area contributed by atoms with Crippen LogP contribution in [0.2, 0.25) is 0 Å². The highest BCUT2D eigenvalue weighted by Gasteiger charge is 2.21. The summed E-state index contributed by atoms with van der Waals surface area (Å²) in [6.07, 6.45) is 4.99. The number of para-hydroxylation sites is 1. The molecule has 0 aliphatic heterocycles. The number of carbonyl (C=O) groups excluding carboxylic acids is 1. The Bertz CT molecular complexity index is 395. The molecule has 0 radical (unpaired) electrons. The highest BCUT2D eigenvalue weighted by molar-refractivity contribution is 5.79. The van der Waals surface area contributed by atoms with Crippen LogP contribution in [0.25, 0.3) is 6.08 Å². The van der Waals surface area contributed by atoms with Crippen molar-refractivity contribution in [3.63, 3.8) is 0 Å². The molecule has 1 fully saturated rings. The topological polar surface area (TPSA) is 26.3 Å². The molecule has 2 rings (SSSR count). The summed E-state index contributed by atoms with van der Waals surface area (Å²) in [5.74, 6) is 1.14. The van der Waals surface area contributed by atoms with E-state index < -0.39 is 0 Å². The molecule has 1 aliphatic carbocycles. The van der Waals surface area contributed by atoms with Crippen LogP contribution in [0.5, 0.6) is 5.75 Å². The summed E-state index contributed by atoms with van der Waals surface area (Å²) in [6.45, 7) is 3.75. The predicted octanol–water partition coefficient (Wildman–Crippen LogP) is 3.22. The second-order valence-electron chi connectivity index (χ2n) is 4.12. The van der Waals surface area contributed by atoms with Crippen LogP contribution in [0.3, 0.4) is 0 Å². The minimum Gasteiger partial charge on any atom is -0.489 e. The maximum absolute atomic E-state index is 11.3. The van der Waals surface area contributed by atoms with Gasteiger partial charge in [-0.2, -0.15) is 0 Å². The third-order valence-electron chi connectivity index (χ3n) is 2.87. The van der Waals surface area contributed by atoms with E-state index in [1.165, 1.54) is 0 Å². The molecule has 1 aliphatic rings. The van der Waals surface area contributed by atoms with Gasteiger partial charge in [-0.1, -0.05) is 30.9 Å². The molecule has 2 nitrogen and oxygen atoms in total. The van der Waals surface area contributed by atoms with Crippen molar-refractivity contribution < 1.29 is 9.53 Å². The van der Waals surface area contributed by atoms with Gasteiger partial charge in [-0.05, 0) is 18.9 Å². The molecule has 16 heavy (non-hydrogen) atoms. The molecule has 0 amide bonds. The molecule has 0 aromatic heterocycles. The summed E-state index contributed by atoms with van der Waals surface area (Å²) in [7, 11) is 0. The Morgan fingerprint density at radius 2 is 2.19 bits per heavy atom. The molecule has 0 spiro atoms. The third-order valence-corrected chi connectivity index (χ3v) is 2.87. The van der Waals surface area contributed by atoms with Crippen molar-refractivity contribution in [2.75, 3.05) is 0 Å². The fourth-order valence-electron chi connectivity index (χ4n) is 2.02. The summed E-state index contributed by atoms with van der Waals surface area (Å²) in [4.78, 5) is 11.3. The summed E-state index contributed by atoms with van der Waals surface area (Å²) in [5.41, 5.74) is 0.987. The van der Waals surface area contributed by atoms with Crippen LogP contribution in [0.4, 0.5) is 0 Å². The monoisotopic (exact) mass is 216 g/mol. The van der Waals surface area contributed by atoms with Crippen LogP contribution in [0.1, 0.15) is 31.2 Å². The van der Waals surface area contributed by atoms with Crippen molar-refractivity contribution in [1.29, 1.82) is 0 Å². The molecule has 1 aromatic carbocycles. The van der Waals surface area contributed by atoms with E-state index >= 15 is 0 Å². The molecule has 0 bridgehead atoms. The zero-order valence-electron chi connectivity index (χ0n) is 9.32. The molecule has 0 saturated heterocycles. The van der Waals surface area contributed by atoms with Gasteiger partial charge in [0.2, 0.25) is 0 Å². The largest absolute Gasteiger partial charge is 0.489 e. The Morgan fingerprint density at radius 1 is 1.38 bits per heavy atom. The van der Waals surface area contributed by atoms with E-state index in [1.807, 2.05) is 24.3 Å². The van der Waals surface area contributed by atoms with Gasteiger partial charge in [-0.15, -0.1) is 0 Å². The molecule has 0 heterocycles. The van der Waals surface area contributed by atoms with Crippen molar-refractivity contribution in [3.05, 3.63) is 36.4 Å². The molecular formula is C14H16O2. The molecule has 1 atom stereocenters. The van der Waals surface area contributed by atoms with Gasteiger partial charge in [-0.25, -0.2) is 0 Å². The first-order valence-electron chi connectivity index (χ1n) is 5.69. The van der Waals surface area contributed by atoms with E-state index in [2.05, 4.69) is 6.58 Å². The molecule has 84 valence electrons. The van der Waals surface area contributed by atoms with Gasteiger partial charge in [0.1, 0.15) is 17.6 Å². The van der Waals surface area contributed by atoms with Gasteiger partial charge in [0.15, 0.2) is 0 Å². The average molecular weight is 216 g/mol. The summed E-state index contributed by atoms with van der Waals surface area (Å²) in [6, 6.07) is 7.78. The minimum absolute atomic E-state index is 0.0438. The molecule has 0 N–H and O–H groups in total. The molecule has 1 unspecified atom stereocenters. The summed E-state index contributed by atoms with van der Waals surface area (Å²) < 4.78 is 5.86. The fourth-order valence-corrected chi connectivity index (χ4v) is 2.02. The highest BCUT2D eigenvalue weighted by Crippen LogP contribution is 2.25. The van der Waals surface area contributed by atoms with Crippen LogP contribution in [-0.2, 0) is 4.79 Å². The lowest BCUT2D eigenvalue weighted by molar-refractivity contribution is -0.122. The number of rotatable bonds is 3. The number of Topliss-reactive ketones (excluding diaryl/α,β-unsaturated/α-hetero) is 1. The number of hydrogen-bond acceptors (Lipinski definition) is 2. The third kappa shape index (κ3) is 2.51. The maximum Gasteiger partial charge on any atom is 0.136 e. The van der Waals surface area contributed by atoms with Crippen LogP contribution >= 0.6 is 0 Å². The molecule has 1 saturated carbocycles. The van der Waals surface area contributed by atoms with E-state index in [0.717, 1.165) is 24.2 Å². The van der Waals surface area contributed by atoms with E-state index in [1.54, 1.807) is 6.08 Å². The Hall–Kier alpha value is -1.57. The Morgan fingerprint density at radius 3 is 2.94 bits per heavy atom. The molecule has 1 aromatic rings. The van der Waals surface area contributed by atoms with Crippen molar-refractivity contribution in [3.8, 4) is 5.75 Å². The number of ketones is 1. The highest BCUT2D eigenvalue weighted by atomic mass is 16.5. The standard InChI is InChI=1S/C14H16O2/c1-2-11-6-3-4-9-14(11)16-13-8-5-7-12(15)10-13/h2-4,6,9,13H,1,5,7-8,10H2. The van der Waals surface area contributed by atoms with Gasteiger partial charge >= 0.3 is 0 Å². The second-order valence-corrected chi connectivity index (χ2v) is 4.12. The number of carbonyl (C=O) groups is 1. The average Bonchev–Trinajstić information content (AvgIpc) is 2.30. The first-order chi connectivity index (χ1) is 7.79. The SMILES string of the molecule is C=Cc1ccccc1OC1CCCC(=O)C1. The Kier molecular flexibility index (Phi) is 3.40. The lowest BCUT2D eigenvalue weighted by Gasteiger charge is -2.23. The van der Waals surface area contributed by atoms with Crippen LogP contribution in [0.15, 0.2) is 30.8 Å². The second kappa shape index (κ2) is 4.97. The molecular weight excluding hydrogens is 200 g/mol. The van der Waals surface area contributed by atoms with Crippen molar-refractivity contribution >= 4 is 11.9 Å².